The molecule has 1 aromatic heterocycles. The van der Waals surface area contributed by atoms with Crippen LogP contribution in [0.3, 0.4) is 0 Å². The summed E-state index contributed by atoms with van der Waals surface area (Å²) in [5.41, 5.74) is -0.510. The topological polar surface area (TPSA) is 118 Å². The van der Waals surface area contributed by atoms with Gasteiger partial charge in [-0.05, 0) is 71.4 Å². The summed E-state index contributed by atoms with van der Waals surface area (Å²) in [4.78, 5) is 43.1. The highest BCUT2D eigenvalue weighted by molar-refractivity contribution is 7.99. The normalized spacial score (nSPS) is 15.9. The van der Waals surface area contributed by atoms with Crippen molar-refractivity contribution < 1.29 is 23.5 Å². The fraction of sp³-hybridized carbons (Fsp3) is 0.633. The lowest BCUT2D eigenvalue weighted by atomic mass is 9.85. The summed E-state index contributed by atoms with van der Waals surface area (Å²) in [6.07, 6.45) is 4.08. The molecule has 1 saturated carbocycles. The molecule has 0 spiro atoms. The number of rotatable bonds is 14. The third-order valence-corrected chi connectivity index (χ3v) is 7.76. The van der Waals surface area contributed by atoms with Gasteiger partial charge in [-0.15, -0.1) is 10.2 Å². The van der Waals surface area contributed by atoms with E-state index in [0.717, 1.165) is 32.4 Å². The summed E-state index contributed by atoms with van der Waals surface area (Å²) in [5.74, 6) is 0.233. The van der Waals surface area contributed by atoms with Gasteiger partial charge in [-0.1, -0.05) is 62.4 Å². The fourth-order valence-corrected chi connectivity index (χ4v) is 5.93. The molecular weight excluding hydrogens is 542 g/mol. The van der Waals surface area contributed by atoms with Gasteiger partial charge in [0.2, 0.25) is 12.2 Å². The number of alkyl carbamates (subject to hydrolysis) is 1. The lowest BCUT2D eigenvalue weighted by molar-refractivity contribution is -0.130. The maximum atomic E-state index is 13.8. The number of aromatic nitrogens is 2. The number of ketones is 1. The zero-order chi connectivity index (χ0) is 30.0. The van der Waals surface area contributed by atoms with E-state index in [0.29, 0.717) is 36.6 Å². The van der Waals surface area contributed by atoms with Crippen molar-refractivity contribution in [2.75, 3.05) is 19.3 Å². The maximum Gasteiger partial charge on any atom is 0.409 e. The first kappa shape index (κ1) is 32.6. The van der Waals surface area contributed by atoms with Crippen LogP contribution in [0.1, 0.15) is 89.4 Å². The highest BCUT2D eigenvalue weighted by atomic mass is 32.2. The quantitative estimate of drug-likeness (QED) is 0.132. The molecule has 0 radical (unpaired) electrons. The predicted octanol–water partition coefficient (Wildman–Crippen LogP) is 5.53. The number of hydrogen-bond donors (Lipinski definition) is 1. The predicted molar refractivity (Wildman–Crippen MR) is 158 cm³/mol. The van der Waals surface area contributed by atoms with Gasteiger partial charge in [-0.2, -0.15) is 0 Å². The molecule has 1 unspecified atom stereocenters. The number of thioether (sulfide) groups is 1. The summed E-state index contributed by atoms with van der Waals surface area (Å²) in [5, 5.41) is 11.4. The Morgan fingerprint density at radius 1 is 1.15 bits per heavy atom. The van der Waals surface area contributed by atoms with E-state index in [4.69, 9.17) is 9.15 Å². The van der Waals surface area contributed by atoms with Crippen LogP contribution < -0.4 is 5.32 Å². The van der Waals surface area contributed by atoms with Crippen molar-refractivity contribution in [3.63, 3.8) is 0 Å². The van der Waals surface area contributed by atoms with Gasteiger partial charge >= 0.3 is 6.09 Å². The molecule has 226 valence electrons. The summed E-state index contributed by atoms with van der Waals surface area (Å²) in [7, 11) is 2.05. The van der Waals surface area contributed by atoms with Crippen LogP contribution >= 0.6 is 11.8 Å². The highest BCUT2D eigenvalue weighted by Crippen LogP contribution is 2.35. The van der Waals surface area contributed by atoms with Crippen LogP contribution in [0.25, 0.3) is 0 Å². The molecule has 1 aliphatic rings. The Balaban J connectivity index is 1.73. The van der Waals surface area contributed by atoms with Gasteiger partial charge in [-0.3, -0.25) is 14.9 Å². The summed E-state index contributed by atoms with van der Waals surface area (Å²) < 4.78 is 11.3. The van der Waals surface area contributed by atoms with Crippen LogP contribution in [0.4, 0.5) is 4.79 Å². The molecule has 0 aliphatic heterocycles. The molecule has 1 atom stereocenters. The van der Waals surface area contributed by atoms with Crippen LogP contribution in [-0.4, -0.2) is 74.9 Å². The van der Waals surface area contributed by atoms with E-state index in [1.807, 2.05) is 39.1 Å². The molecule has 0 saturated heterocycles. The van der Waals surface area contributed by atoms with E-state index in [9.17, 15) is 14.4 Å². The molecule has 41 heavy (non-hydrogen) atoms. The minimum atomic E-state index is -1.04. The number of benzene rings is 1. The van der Waals surface area contributed by atoms with E-state index in [2.05, 4.69) is 32.5 Å². The molecule has 1 fully saturated rings. The molecule has 1 heterocycles. The third-order valence-electron chi connectivity index (χ3n) is 6.97. The summed E-state index contributed by atoms with van der Waals surface area (Å²) in [6.45, 7) is 10.9. The van der Waals surface area contributed by atoms with E-state index in [1.54, 1.807) is 20.8 Å². The monoisotopic (exact) mass is 587 g/mol. The first-order chi connectivity index (χ1) is 19.4. The molecule has 1 aliphatic carbocycles. The van der Waals surface area contributed by atoms with Gasteiger partial charge in [-0.25, -0.2) is 4.79 Å². The van der Waals surface area contributed by atoms with Crippen LogP contribution in [0.5, 0.6) is 0 Å². The van der Waals surface area contributed by atoms with E-state index in [-0.39, 0.29) is 11.8 Å². The van der Waals surface area contributed by atoms with Crippen molar-refractivity contribution >= 4 is 30.0 Å². The second kappa shape index (κ2) is 14.8. The van der Waals surface area contributed by atoms with Crippen molar-refractivity contribution in [2.24, 2.45) is 5.92 Å². The number of nitrogens with zero attached hydrogens (tertiary/aromatic N) is 4. The minimum absolute atomic E-state index is 0.0884. The van der Waals surface area contributed by atoms with Crippen molar-refractivity contribution in [1.29, 1.82) is 0 Å². The van der Waals surface area contributed by atoms with E-state index >= 15 is 0 Å². The molecule has 10 nitrogen and oxygen atoms in total. The summed E-state index contributed by atoms with van der Waals surface area (Å²) in [6, 6.07) is 9.36. The van der Waals surface area contributed by atoms with Gasteiger partial charge in [0.05, 0.1) is 0 Å². The minimum Gasteiger partial charge on any atom is -0.444 e. The fourth-order valence-electron chi connectivity index (χ4n) is 5.12. The second-order valence-electron chi connectivity index (χ2n) is 12.2. The molecule has 3 rings (SSSR count). The average Bonchev–Trinajstić information content (AvgIpc) is 3.36. The van der Waals surface area contributed by atoms with Crippen molar-refractivity contribution in [2.45, 2.75) is 102 Å². The van der Waals surface area contributed by atoms with Gasteiger partial charge < -0.3 is 19.0 Å². The summed E-state index contributed by atoms with van der Waals surface area (Å²) >= 11 is 1.39. The first-order valence-corrected chi connectivity index (χ1v) is 15.4. The van der Waals surface area contributed by atoms with E-state index < -0.39 is 29.2 Å². The number of carbonyl (C=O) groups excluding carboxylic acids is 3. The SMILES string of the molecule is CC(C)CC(C(=O)c1nnc(SCCN(C)Cc2ccccc2)o1)N(C=O)C1(NC(=O)OC(C)(C)C)CCCCC1. The molecular formula is C30H45N5O5S. The van der Waals surface area contributed by atoms with Gasteiger partial charge in [0, 0.05) is 18.8 Å². The number of nitrogens with one attached hydrogen (secondary N) is 1. The Bertz CT molecular complexity index is 1130. The van der Waals surface area contributed by atoms with Gasteiger partial charge in [0.25, 0.3) is 11.1 Å². The Morgan fingerprint density at radius 3 is 2.44 bits per heavy atom. The Labute approximate surface area is 248 Å². The zero-order valence-electron chi connectivity index (χ0n) is 25.2. The second-order valence-corrected chi connectivity index (χ2v) is 13.2. The first-order valence-electron chi connectivity index (χ1n) is 14.4. The average molecular weight is 588 g/mol. The molecule has 2 amide bonds. The largest absolute Gasteiger partial charge is 0.444 e. The molecule has 0 bridgehead atoms. The standard InChI is InChI=1S/C30H45N5O5S/c1-22(2)19-24(35(21-36)30(15-11-8-12-16-30)31-27(38)40-29(3,4)5)25(37)26-32-33-28(39-26)41-18-17-34(6)20-23-13-9-7-10-14-23/h7,9-10,13-14,21-22,24H,8,11-12,15-20H2,1-6H3,(H,31,38). The molecule has 2 aromatic rings. The lowest BCUT2D eigenvalue weighted by Gasteiger charge is -2.47. The number of carbonyl (C=O) groups is 3. The Kier molecular flexibility index (Phi) is 11.8. The lowest BCUT2D eigenvalue weighted by Crippen LogP contribution is -2.65. The van der Waals surface area contributed by atoms with Crippen LogP contribution in [-0.2, 0) is 16.1 Å². The molecule has 1 N–H and O–H groups in total. The smallest absolute Gasteiger partial charge is 0.409 e. The van der Waals surface area contributed by atoms with Crippen LogP contribution in [0.15, 0.2) is 40.0 Å². The maximum absolute atomic E-state index is 13.8. The number of Topliss-reactive ketones (excluding diaryl/α,β-unsaturated/α-hetero) is 1. The highest BCUT2D eigenvalue weighted by Gasteiger charge is 2.46. The number of ether oxygens (including phenoxy) is 1. The zero-order valence-corrected chi connectivity index (χ0v) is 26.0. The number of amides is 2. The van der Waals surface area contributed by atoms with Gasteiger partial charge in [0.1, 0.15) is 17.3 Å². The van der Waals surface area contributed by atoms with Crippen LogP contribution in [0, 0.1) is 5.92 Å². The van der Waals surface area contributed by atoms with Crippen molar-refractivity contribution in [3.8, 4) is 0 Å². The van der Waals surface area contributed by atoms with Crippen LogP contribution in [0.2, 0.25) is 0 Å². The van der Waals surface area contributed by atoms with Crippen molar-refractivity contribution in [1.82, 2.24) is 25.3 Å². The third kappa shape index (κ3) is 9.85. The van der Waals surface area contributed by atoms with Crippen molar-refractivity contribution in [3.05, 3.63) is 41.8 Å². The Morgan fingerprint density at radius 2 is 1.83 bits per heavy atom. The Hall–Kier alpha value is -2.92. The van der Waals surface area contributed by atoms with E-state index in [1.165, 1.54) is 22.2 Å². The number of hydrogen-bond acceptors (Lipinski definition) is 9. The molecule has 11 heteroatoms. The van der Waals surface area contributed by atoms with Gasteiger partial charge in [0.15, 0.2) is 0 Å². The molecule has 1 aromatic carbocycles.